The van der Waals surface area contributed by atoms with Gasteiger partial charge in [-0.15, -0.1) is 0 Å². The van der Waals surface area contributed by atoms with Gasteiger partial charge in [0.15, 0.2) is 5.82 Å². The van der Waals surface area contributed by atoms with E-state index in [1.54, 1.807) is 28.6 Å². The molecule has 1 unspecified atom stereocenters. The fourth-order valence-electron chi connectivity index (χ4n) is 3.63. The van der Waals surface area contributed by atoms with Crippen LogP contribution < -0.4 is 4.74 Å². The first-order chi connectivity index (χ1) is 13.4. The van der Waals surface area contributed by atoms with E-state index in [-0.39, 0.29) is 12.0 Å². The molecule has 1 atom stereocenters. The highest BCUT2D eigenvalue weighted by atomic mass is 32.2. The standard InChI is InChI=1S/C20H27N3O4S/c1-14(2)26-17-7-9-18(10-8-17)28(24,25)23-11-3-4-15(13-23)12-19-21-20(22-27-19)16-5-6-16/h7-10,14-16H,3-6,11-13H2,1-2H3. The van der Waals surface area contributed by atoms with Crippen LogP contribution in [-0.2, 0) is 16.4 Å². The zero-order valence-corrected chi connectivity index (χ0v) is 17.2. The van der Waals surface area contributed by atoms with Crippen LogP contribution in [0.25, 0.3) is 0 Å². The lowest BCUT2D eigenvalue weighted by atomic mass is 9.96. The van der Waals surface area contributed by atoms with Crippen LogP contribution in [0.2, 0.25) is 0 Å². The molecule has 1 aliphatic heterocycles. The van der Waals surface area contributed by atoms with Crippen molar-refractivity contribution in [1.82, 2.24) is 14.4 Å². The van der Waals surface area contributed by atoms with E-state index in [4.69, 9.17) is 9.26 Å². The summed E-state index contributed by atoms with van der Waals surface area (Å²) < 4.78 is 38.7. The van der Waals surface area contributed by atoms with Gasteiger partial charge in [-0.1, -0.05) is 5.16 Å². The summed E-state index contributed by atoms with van der Waals surface area (Å²) in [5, 5.41) is 4.06. The largest absolute Gasteiger partial charge is 0.491 e. The molecule has 1 aliphatic carbocycles. The molecule has 1 aromatic carbocycles. The minimum Gasteiger partial charge on any atom is -0.491 e. The summed E-state index contributed by atoms with van der Waals surface area (Å²) in [6.45, 7) is 4.90. The lowest BCUT2D eigenvalue weighted by Gasteiger charge is -2.31. The highest BCUT2D eigenvalue weighted by Gasteiger charge is 2.32. The Bertz CT molecular complexity index is 904. The molecule has 0 spiro atoms. The summed E-state index contributed by atoms with van der Waals surface area (Å²) in [6.07, 6.45) is 4.75. The second-order valence-corrected chi connectivity index (χ2v) is 9.97. The smallest absolute Gasteiger partial charge is 0.243 e. The molecule has 152 valence electrons. The van der Waals surface area contributed by atoms with Crippen LogP contribution >= 0.6 is 0 Å². The van der Waals surface area contributed by atoms with Crippen molar-refractivity contribution in [1.29, 1.82) is 0 Å². The van der Waals surface area contributed by atoms with Gasteiger partial charge < -0.3 is 9.26 Å². The molecule has 2 aromatic rings. The lowest BCUT2D eigenvalue weighted by Crippen LogP contribution is -2.40. The van der Waals surface area contributed by atoms with Crippen molar-refractivity contribution in [2.24, 2.45) is 5.92 Å². The quantitative estimate of drug-likeness (QED) is 0.702. The van der Waals surface area contributed by atoms with E-state index >= 15 is 0 Å². The zero-order chi connectivity index (χ0) is 19.7. The number of hydrogen-bond donors (Lipinski definition) is 0. The van der Waals surface area contributed by atoms with Crippen molar-refractivity contribution in [2.45, 2.75) is 62.9 Å². The average Bonchev–Trinajstić information content (AvgIpc) is 3.42. The van der Waals surface area contributed by atoms with Gasteiger partial charge in [0.2, 0.25) is 15.9 Å². The maximum Gasteiger partial charge on any atom is 0.243 e. The molecule has 0 radical (unpaired) electrons. The Balaban J connectivity index is 1.42. The first kappa shape index (κ1) is 19.4. The molecule has 4 rings (SSSR count). The minimum absolute atomic E-state index is 0.0513. The zero-order valence-electron chi connectivity index (χ0n) is 16.4. The Labute approximate surface area is 166 Å². The first-order valence-corrected chi connectivity index (χ1v) is 11.4. The van der Waals surface area contributed by atoms with Gasteiger partial charge in [0.05, 0.1) is 11.0 Å². The third kappa shape index (κ3) is 4.38. The van der Waals surface area contributed by atoms with Crippen molar-refractivity contribution in [3.05, 3.63) is 36.0 Å². The van der Waals surface area contributed by atoms with Crippen LogP contribution in [0.1, 0.15) is 57.2 Å². The number of hydrogen-bond acceptors (Lipinski definition) is 6. The van der Waals surface area contributed by atoms with Crippen molar-refractivity contribution in [3.63, 3.8) is 0 Å². The molecule has 0 amide bonds. The summed E-state index contributed by atoms with van der Waals surface area (Å²) in [6, 6.07) is 6.67. The number of aromatic nitrogens is 2. The van der Waals surface area contributed by atoms with Gasteiger partial charge in [0.25, 0.3) is 0 Å². The Morgan fingerprint density at radius 3 is 2.64 bits per heavy atom. The van der Waals surface area contributed by atoms with E-state index in [1.807, 2.05) is 13.8 Å². The second-order valence-electron chi connectivity index (χ2n) is 8.03. The fraction of sp³-hybridized carbons (Fsp3) is 0.600. The maximum absolute atomic E-state index is 13.1. The van der Waals surface area contributed by atoms with Crippen LogP contribution in [0.5, 0.6) is 5.75 Å². The highest BCUT2D eigenvalue weighted by molar-refractivity contribution is 7.89. The van der Waals surface area contributed by atoms with Crippen LogP contribution in [-0.4, -0.2) is 42.1 Å². The minimum atomic E-state index is -3.52. The van der Waals surface area contributed by atoms with Crippen LogP contribution in [0.15, 0.2) is 33.7 Å². The van der Waals surface area contributed by atoms with E-state index in [1.165, 1.54) is 0 Å². The van der Waals surface area contributed by atoms with Crippen LogP contribution in [0.3, 0.4) is 0 Å². The molecule has 1 saturated carbocycles. The number of sulfonamides is 1. The number of nitrogens with zero attached hydrogens (tertiary/aromatic N) is 3. The summed E-state index contributed by atoms with van der Waals surface area (Å²) >= 11 is 0. The summed E-state index contributed by atoms with van der Waals surface area (Å²) in [5.74, 6) is 2.76. The third-order valence-electron chi connectivity index (χ3n) is 5.20. The number of rotatable bonds is 7. The maximum atomic E-state index is 13.1. The average molecular weight is 406 g/mol. The number of ether oxygens (including phenoxy) is 1. The predicted molar refractivity (Wildman–Crippen MR) is 104 cm³/mol. The monoisotopic (exact) mass is 405 g/mol. The number of benzene rings is 1. The summed E-state index contributed by atoms with van der Waals surface area (Å²) in [7, 11) is -3.52. The summed E-state index contributed by atoms with van der Waals surface area (Å²) in [4.78, 5) is 4.79. The molecule has 2 aliphatic rings. The lowest BCUT2D eigenvalue weighted by molar-refractivity contribution is 0.242. The van der Waals surface area contributed by atoms with E-state index in [0.717, 1.165) is 31.5 Å². The predicted octanol–water partition coefficient (Wildman–Crippen LogP) is 3.38. The van der Waals surface area contributed by atoms with Gasteiger partial charge in [-0.25, -0.2) is 8.42 Å². The van der Waals surface area contributed by atoms with Gasteiger partial charge >= 0.3 is 0 Å². The fourth-order valence-corrected chi connectivity index (χ4v) is 5.18. The Morgan fingerprint density at radius 1 is 1.21 bits per heavy atom. The molecular weight excluding hydrogens is 378 g/mol. The van der Waals surface area contributed by atoms with Gasteiger partial charge in [-0.2, -0.15) is 9.29 Å². The van der Waals surface area contributed by atoms with Gasteiger partial charge in [-0.05, 0) is 69.7 Å². The van der Waals surface area contributed by atoms with Crippen molar-refractivity contribution in [2.75, 3.05) is 13.1 Å². The Morgan fingerprint density at radius 2 is 1.96 bits per heavy atom. The SMILES string of the molecule is CC(C)Oc1ccc(S(=O)(=O)N2CCCC(Cc3nc(C4CC4)no3)C2)cc1. The summed E-state index contributed by atoms with van der Waals surface area (Å²) in [5.41, 5.74) is 0. The van der Waals surface area contributed by atoms with Gasteiger partial charge in [0.1, 0.15) is 5.75 Å². The van der Waals surface area contributed by atoms with Gasteiger partial charge in [0, 0.05) is 25.4 Å². The van der Waals surface area contributed by atoms with E-state index in [0.29, 0.717) is 42.0 Å². The highest BCUT2D eigenvalue weighted by Crippen LogP contribution is 2.38. The van der Waals surface area contributed by atoms with Crippen molar-refractivity contribution >= 4 is 10.0 Å². The van der Waals surface area contributed by atoms with Crippen LogP contribution in [0, 0.1) is 5.92 Å². The molecule has 2 fully saturated rings. The molecule has 1 saturated heterocycles. The van der Waals surface area contributed by atoms with E-state index in [2.05, 4.69) is 10.1 Å². The van der Waals surface area contributed by atoms with Crippen molar-refractivity contribution < 1.29 is 17.7 Å². The molecule has 0 bridgehead atoms. The van der Waals surface area contributed by atoms with E-state index in [9.17, 15) is 8.42 Å². The number of piperidine rings is 1. The third-order valence-corrected chi connectivity index (χ3v) is 7.08. The first-order valence-electron chi connectivity index (χ1n) is 10.0. The molecule has 28 heavy (non-hydrogen) atoms. The van der Waals surface area contributed by atoms with Gasteiger partial charge in [-0.3, -0.25) is 0 Å². The Kier molecular flexibility index (Phi) is 5.42. The van der Waals surface area contributed by atoms with Crippen LogP contribution in [0.4, 0.5) is 0 Å². The molecule has 2 heterocycles. The normalized spacial score (nSPS) is 21.2. The molecule has 8 heteroatoms. The molecule has 0 N–H and O–H groups in total. The molecular formula is C20H27N3O4S. The second kappa shape index (κ2) is 7.83. The Hall–Kier alpha value is -1.93. The molecule has 7 nitrogen and oxygen atoms in total. The molecule has 1 aromatic heterocycles. The van der Waals surface area contributed by atoms with Crippen molar-refractivity contribution in [3.8, 4) is 5.75 Å². The topological polar surface area (TPSA) is 85.5 Å². The van der Waals surface area contributed by atoms with E-state index < -0.39 is 10.0 Å².